The Morgan fingerprint density at radius 2 is 1.94 bits per heavy atom. The topological polar surface area (TPSA) is 64.9 Å². The summed E-state index contributed by atoms with van der Waals surface area (Å²) in [5, 5.41) is 11.6. The molecule has 0 atom stereocenters. The van der Waals surface area contributed by atoms with Gasteiger partial charge in [-0.15, -0.1) is 0 Å². The van der Waals surface area contributed by atoms with Gasteiger partial charge < -0.3 is 10.2 Å². The SMILES string of the molecule is CC/C(=C/C(=N)c1ncc(F)c(N(C)CC2(C)CCCC2)n1)NCc1ccccc1F. The number of aromatic nitrogens is 2. The zero-order valence-electron chi connectivity index (χ0n) is 18.5. The minimum atomic E-state index is -0.488. The lowest BCUT2D eigenvalue weighted by Crippen LogP contribution is -2.33. The number of benzene rings is 1. The molecule has 2 aromatic rings. The molecule has 7 heteroatoms. The minimum absolute atomic E-state index is 0.0830. The summed E-state index contributed by atoms with van der Waals surface area (Å²) in [6.07, 6.45) is 8.05. The molecule has 3 rings (SSSR count). The molecule has 1 saturated carbocycles. The van der Waals surface area contributed by atoms with Crippen LogP contribution in [0.3, 0.4) is 0 Å². The van der Waals surface area contributed by atoms with Crippen LogP contribution in [0.2, 0.25) is 0 Å². The van der Waals surface area contributed by atoms with Crippen molar-refractivity contribution in [2.45, 2.75) is 52.5 Å². The van der Waals surface area contributed by atoms with Crippen molar-refractivity contribution < 1.29 is 8.78 Å². The highest BCUT2D eigenvalue weighted by atomic mass is 19.1. The Kier molecular flexibility index (Phi) is 7.36. The Hall–Kier alpha value is -2.83. The maximum absolute atomic E-state index is 14.5. The van der Waals surface area contributed by atoms with Gasteiger partial charge in [0.2, 0.25) is 0 Å². The molecule has 1 aromatic carbocycles. The third kappa shape index (κ3) is 5.87. The molecule has 5 nitrogen and oxygen atoms in total. The minimum Gasteiger partial charge on any atom is -0.384 e. The first-order valence-electron chi connectivity index (χ1n) is 10.8. The van der Waals surface area contributed by atoms with Gasteiger partial charge in [0.1, 0.15) is 11.5 Å². The van der Waals surface area contributed by atoms with Crippen LogP contribution in [0.1, 0.15) is 57.3 Å². The van der Waals surface area contributed by atoms with E-state index in [4.69, 9.17) is 5.41 Å². The van der Waals surface area contributed by atoms with Crippen molar-refractivity contribution in [2.24, 2.45) is 5.41 Å². The second kappa shape index (κ2) is 9.98. The number of nitrogens with one attached hydrogen (secondary N) is 2. The molecule has 1 heterocycles. The second-order valence-electron chi connectivity index (χ2n) is 8.62. The van der Waals surface area contributed by atoms with E-state index in [1.807, 2.05) is 18.9 Å². The molecule has 0 saturated heterocycles. The van der Waals surface area contributed by atoms with Crippen LogP contribution in [0.5, 0.6) is 0 Å². The van der Waals surface area contributed by atoms with E-state index in [0.717, 1.165) is 24.7 Å². The van der Waals surface area contributed by atoms with Gasteiger partial charge >= 0.3 is 0 Å². The van der Waals surface area contributed by atoms with E-state index in [2.05, 4.69) is 22.2 Å². The number of allylic oxidation sites excluding steroid dienone is 2. The molecule has 0 radical (unpaired) electrons. The van der Waals surface area contributed by atoms with Gasteiger partial charge in [-0.05, 0) is 36.8 Å². The monoisotopic (exact) mass is 427 g/mol. The molecule has 0 bridgehead atoms. The van der Waals surface area contributed by atoms with E-state index in [0.29, 0.717) is 25.1 Å². The fourth-order valence-electron chi connectivity index (χ4n) is 4.16. The van der Waals surface area contributed by atoms with Crippen molar-refractivity contribution in [3.63, 3.8) is 0 Å². The lowest BCUT2D eigenvalue weighted by Gasteiger charge is -2.30. The third-order valence-electron chi connectivity index (χ3n) is 5.92. The van der Waals surface area contributed by atoms with E-state index in [1.165, 1.54) is 18.9 Å². The lowest BCUT2D eigenvalue weighted by atomic mass is 9.88. The maximum Gasteiger partial charge on any atom is 0.183 e. The summed E-state index contributed by atoms with van der Waals surface area (Å²) in [6, 6.07) is 6.58. The average molecular weight is 428 g/mol. The van der Waals surface area contributed by atoms with Crippen molar-refractivity contribution in [1.29, 1.82) is 5.41 Å². The van der Waals surface area contributed by atoms with Crippen molar-refractivity contribution >= 4 is 11.5 Å². The number of halogens is 2. The van der Waals surface area contributed by atoms with E-state index >= 15 is 0 Å². The first-order valence-corrected chi connectivity index (χ1v) is 10.8. The number of hydrogen-bond acceptors (Lipinski definition) is 5. The summed E-state index contributed by atoms with van der Waals surface area (Å²) in [5.41, 5.74) is 1.55. The van der Waals surface area contributed by atoms with Gasteiger partial charge in [0, 0.05) is 31.4 Å². The fraction of sp³-hybridized carbons (Fsp3) is 0.458. The highest BCUT2D eigenvalue weighted by Crippen LogP contribution is 2.38. The fourth-order valence-corrected chi connectivity index (χ4v) is 4.16. The van der Waals surface area contributed by atoms with Gasteiger partial charge in [0.15, 0.2) is 17.5 Å². The first-order chi connectivity index (χ1) is 14.8. The van der Waals surface area contributed by atoms with Gasteiger partial charge in [0.25, 0.3) is 0 Å². The van der Waals surface area contributed by atoms with E-state index in [1.54, 1.807) is 24.3 Å². The predicted molar refractivity (Wildman–Crippen MR) is 120 cm³/mol. The Morgan fingerprint density at radius 3 is 2.61 bits per heavy atom. The summed E-state index contributed by atoms with van der Waals surface area (Å²) in [7, 11) is 1.84. The molecule has 166 valence electrons. The van der Waals surface area contributed by atoms with Crippen molar-refractivity contribution in [2.75, 3.05) is 18.5 Å². The molecule has 0 amide bonds. The van der Waals surface area contributed by atoms with Crippen LogP contribution in [-0.4, -0.2) is 29.3 Å². The van der Waals surface area contributed by atoms with Crippen LogP contribution in [-0.2, 0) is 6.54 Å². The Morgan fingerprint density at radius 1 is 1.23 bits per heavy atom. The highest BCUT2D eigenvalue weighted by Gasteiger charge is 2.31. The quantitative estimate of drug-likeness (QED) is 0.538. The van der Waals surface area contributed by atoms with Gasteiger partial charge in [-0.2, -0.15) is 0 Å². The zero-order chi connectivity index (χ0) is 22.4. The molecular weight excluding hydrogens is 396 g/mol. The Balaban J connectivity index is 1.72. The van der Waals surface area contributed by atoms with Gasteiger partial charge in [-0.3, -0.25) is 5.41 Å². The molecule has 31 heavy (non-hydrogen) atoms. The smallest absolute Gasteiger partial charge is 0.183 e. The molecule has 1 aromatic heterocycles. The standard InChI is InChI=1S/C24H31F2N5/c1-4-18(28-14-17-9-5-6-10-19(17)25)13-21(27)22-29-15-20(26)23(30-22)31(3)16-24(2)11-7-8-12-24/h5-6,9-10,13,15,27-28H,4,7-8,11-12,14,16H2,1-3H3/b18-13-,27-21?. The molecule has 2 N–H and O–H groups in total. The van der Waals surface area contributed by atoms with Crippen LogP contribution >= 0.6 is 0 Å². The first kappa shape index (κ1) is 22.8. The van der Waals surface area contributed by atoms with Crippen LogP contribution < -0.4 is 10.2 Å². The summed E-state index contributed by atoms with van der Waals surface area (Å²) < 4.78 is 28.3. The van der Waals surface area contributed by atoms with Crippen LogP contribution in [0.15, 0.2) is 42.2 Å². The van der Waals surface area contributed by atoms with Crippen LogP contribution in [0, 0.1) is 22.5 Å². The Labute approximate surface area is 183 Å². The summed E-state index contributed by atoms with van der Waals surface area (Å²) in [5.74, 6) is -0.379. The zero-order valence-corrected chi connectivity index (χ0v) is 18.5. The van der Waals surface area contributed by atoms with Crippen LogP contribution in [0.4, 0.5) is 14.6 Å². The summed E-state index contributed by atoms with van der Waals surface area (Å²) >= 11 is 0. The highest BCUT2D eigenvalue weighted by molar-refractivity contribution is 6.04. The normalized spacial score (nSPS) is 15.7. The van der Waals surface area contributed by atoms with E-state index in [-0.39, 0.29) is 28.6 Å². The van der Waals surface area contributed by atoms with E-state index < -0.39 is 5.82 Å². The van der Waals surface area contributed by atoms with Crippen molar-refractivity contribution in [1.82, 2.24) is 15.3 Å². The van der Waals surface area contributed by atoms with Gasteiger partial charge in [0.05, 0.1) is 6.20 Å². The average Bonchev–Trinajstić information content (AvgIpc) is 3.18. The van der Waals surface area contributed by atoms with Crippen LogP contribution in [0.25, 0.3) is 0 Å². The van der Waals surface area contributed by atoms with Gasteiger partial charge in [-0.25, -0.2) is 18.7 Å². The molecular formula is C24H31F2N5. The number of anilines is 1. The predicted octanol–water partition coefficient (Wildman–Crippen LogP) is 5.22. The van der Waals surface area contributed by atoms with Gasteiger partial charge in [-0.1, -0.05) is 44.9 Å². The Bertz CT molecular complexity index is 951. The number of nitrogens with zero attached hydrogens (tertiary/aromatic N) is 3. The maximum atomic E-state index is 14.5. The number of rotatable bonds is 9. The van der Waals surface area contributed by atoms with Crippen molar-refractivity contribution in [3.05, 3.63) is 65.3 Å². The third-order valence-corrected chi connectivity index (χ3v) is 5.92. The largest absolute Gasteiger partial charge is 0.384 e. The van der Waals surface area contributed by atoms with E-state index in [9.17, 15) is 8.78 Å². The molecule has 0 unspecified atom stereocenters. The molecule has 1 aliphatic rings. The number of hydrogen-bond donors (Lipinski definition) is 2. The molecule has 0 spiro atoms. The molecule has 1 aliphatic carbocycles. The second-order valence-corrected chi connectivity index (χ2v) is 8.62. The summed E-state index contributed by atoms with van der Waals surface area (Å²) in [4.78, 5) is 10.2. The summed E-state index contributed by atoms with van der Waals surface area (Å²) in [6.45, 7) is 5.21. The van der Waals surface area contributed by atoms with Crippen molar-refractivity contribution in [3.8, 4) is 0 Å². The molecule has 1 fully saturated rings. The lowest BCUT2D eigenvalue weighted by molar-refractivity contribution is 0.342. The molecule has 0 aliphatic heterocycles.